The highest BCUT2D eigenvalue weighted by Gasteiger charge is 2.07. The highest BCUT2D eigenvalue weighted by atomic mass is 16.6. The molecule has 11 heavy (non-hydrogen) atoms. The summed E-state index contributed by atoms with van der Waals surface area (Å²) in [6.07, 6.45) is 0. The standard InChI is InChI=1S/C6H6B2O3/c1-3-7-5(9)11-6(10)8-4-2/h3-4H,1-2H2. The van der Waals surface area contributed by atoms with Crippen LogP contribution in [0.1, 0.15) is 0 Å². The second-order valence-electron chi connectivity index (χ2n) is 1.54. The van der Waals surface area contributed by atoms with Gasteiger partial charge in [0.25, 0.3) is 26.3 Å². The molecule has 2 radical (unpaired) electrons. The Bertz CT molecular complexity index is 168. The summed E-state index contributed by atoms with van der Waals surface area (Å²) in [7, 11) is 2.10. The first-order chi connectivity index (χ1) is 5.20. The molecular formula is C6H6B2O3. The van der Waals surface area contributed by atoms with E-state index in [0.717, 1.165) is 14.6 Å². The molecule has 0 amide bonds. The van der Waals surface area contributed by atoms with Crippen molar-refractivity contribution in [1.82, 2.24) is 0 Å². The van der Waals surface area contributed by atoms with Crippen molar-refractivity contribution in [1.29, 1.82) is 0 Å². The fourth-order valence-electron chi connectivity index (χ4n) is 0.360. The second kappa shape index (κ2) is 5.53. The molecule has 0 saturated carbocycles. The molecule has 0 aliphatic carbocycles. The fourth-order valence-corrected chi connectivity index (χ4v) is 0.360. The Hall–Kier alpha value is -1.25. The van der Waals surface area contributed by atoms with Crippen molar-refractivity contribution < 1.29 is 14.3 Å². The molecule has 0 rings (SSSR count). The maximum Gasteiger partial charge on any atom is 0.290 e. The van der Waals surface area contributed by atoms with Crippen LogP contribution in [0.15, 0.2) is 25.1 Å². The van der Waals surface area contributed by atoms with Crippen LogP contribution in [0, 0.1) is 0 Å². The lowest BCUT2D eigenvalue weighted by atomic mass is 9.77. The minimum Gasteiger partial charge on any atom is -0.411 e. The van der Waals surface area contributed by atoms with Gasteiger partial charge in [-0.25, -0.2) is 0 Å². The topological polar surface area (TPSA) is 43.4 Å². The molecule has 0 heterocycles. The van der Waals surface area contributed by atoms with Gasteiger partial charge in [-0.2, -0.15) is 0 Å². The summed E-state index contributed by atoms with van der Waals surface area (Å²) in [5, 5.41) is 0. The van der Waals surface area contributed by atoms with Gasteiger partial charge in [0.2, 0.25) is 0 Å². The lowest BCUT2D eigenvalue weighted by Crippen LogP contribution is -2.17. The average molecular weight is 148 g/mol. The number of hydrogen-bond donors (Lipinski definition) is 0. The third-order valence-corrected chi connectivity index (χ3v) is 0.709. The Morgan fingerprint density at radius 3 is 1.73 bits per heavy atom. The van der Waals surface area contributed by atoms with E-state index >= 15 is 0 Å². The summed E-state index contributed by atoms with van der Waals surface area (Å²) in [6, 6.07) is 0. The predicted octanol–water partition coefficient (Wildman–Crippen LogP) is 0.938. The summed E-state index contributed by atoms with van der Waals surface area (Å²) >= 11 is 0. The van der Waals surface area contributed by atoms with E-state index in [1.807, 2.05) is 0 Å². The predicted molar refractivity (Wildman–Crippen MR) is 43.8 cm³/mol. The van der Waals surface area contributed by atoms with Crippen LogP contribution in [0.25, 0.3) is 0 Å². The third-order valence-electron chi connectivity index (χ3n) is 0.709. The van der Waals surface area contributed by atoms with Crippen molar-refractivity contribution >= 4 is 26.3 Å². The summed E-state index contributed by atoms with van der Waals surface area (Å²) in [4.78, 5) is 21.0. The molecule has 0 atom stereocenters. The number of hydrogen-bond acceptors (Lipinski definition) is 3. The van der Waals surface area contributed by atoms with Crippen molar-refractivity contribution in [3.63, 3.8) is 0 Å². The van der Waals surface area contributed by atoms with Gasteiger partial charge in [-0.05, 0) is 0 Å². The van der Waals surface area contributed by atoms with Crippen LogP contribution in [0.3, 0.4) is 0 Å². The minimum absolute atomic E-state index is 0.733. The molecule has 0 saturated heterocycles. The van der Waals surface area contributed by atoms with E-state index in [2.05, 4.69) is 17.9 Å². The quantitative estimate of drug-likeness (QED) is 0.439. The smallest absolute Gasteiger partial charge is 0.290 e. The lowest BCUT2D eigenvalue weighted by molar-refractivity contribution is 0.184. The largest absolute Gasteiger partial charge is 0.411 e. The van der Waals surface area contributed by atoms with Gasteiger partial charge in [0.1, 0.15) is 0 Å². The molecule has 0 aromatic carbocycles. The van der Waals surface area contributed by atoms with E-state index in [1.54, 1.807) is 0 Å². The molecule has 0 aliphatic heterocycles. The SMILES string of the molecule is C=C[B]C(=O)OC(=O)[B]C=C. The van der Waals surface area contributed by atoms with Gasteiger partial charge in [-0.15, -0.1) is 25.1 Å². The zero-order valence-corrected chi connectivity index (χ0v) is 5.95. The van der Waals surface area contributed by atoms with Gasteiger partial charge in [-0.1, -0.05) is 0 Å². The number of carbonyl (C=O) groups is 2. The van der Waals surface area contributed by atoms with Gasteiger partial charge in [0.15, 0.2) is 0 Å². The Balaban J connectivity index is 3.65. The molecular weight excluding hydrogens is 142 g/mol. The van der Waals surface area contributed by atoms with E-state index in [9.17, 15) is 9.59 Å². The maximum atomic E-state index is 10.5. The molecule has 0 spiro atoms. The van der Waals surface area contributed by atoms with Crippen LogP contribution in [0.2, 0.25) is 0 Å². The third kappa shape index (κ3) is 5.21. The van der Waals surface area contributed by atoms with Gasteiger partial charge in [0.05, 0.1) is 0 Å². The molecule has 0 aliphatic rings. The first-order valence-electron chi connectivity index (χ1n) is 2.88. The van der Waals surface area contributed by atoms with E-state index in [4.69, 9.17) is 0 Å². The van der Waals surface area contributed by atoms with Crippen molar-refractivity contribution in [3.05, 3.63) is 25.1 Å². The van der Waals surface area contributed by atoms with Crippen LogP contribution in [-0.4, -0.2) is 26.3 Å². The molecule has 0 aromatic heterocycles. The van der Waals surface area contributed by atoms with Crippen LogP contribution in [0.4, 0.5) is 9.59 Å². The molecule has 3 nitrogen and oxygen atoms in total. The van der Waals surface area contributed by atoms with Crippen molar-refractivity contribution in [3.8, 4) is 0 Å². The van der Waals surface area contributed by atoms with E-state index in [1.165, 1.54) is 12.0 Å². The normalized spacial score (nSPS) is 7.64. The fraction of sp³-hybridized carbons (Fsp3) is 0. The molecule has 0 bridgehead atoms. The molecule has 0 N–H and O–H groups in total. The number of rotatable bonds is 4. The summed E-state index contributed by atoms with van der Waals surface area (Å²) < 4.78 is 4.20. The van der Waals surface area contributed by atoms with Crippen LogP contribution < -0.4 is 0 Å². The van der Waals surface area contributed by atoms with Crippen LogP contribution >= 0.6 is 0 Å². The molecule has 54 valence electrons. The zero-order chi connectivity index (χ0) is 8.69. The maximum absolute atomic E-state index is 10.5. The summed E-state index contributed by atoms with van der Waals surface area (Å²) in [5.74, 6) is 1.01. The molecule has 0 unspecified atom stereocenters. The second-order valence-corrected chi connectivity index (χ2v) is 1.54. The highest BCUT2D eigenvalue weighted by Crippen LogP contribution is 1.83. The van der Waals surface area contributed by atoms with Gasteiger partial charge in [-0.3, -0.25) is 9.59 Å². The summed E-state index contributed by atoms with van der Waals surface area (Å²) in [5.41, 5.74) is 0. The zero-order valence-electron chi connectivity index (χ0n) is 5.95. The van der Waals surface area contributed by atoms with Gasteiger partial charge >= 0.3 is 0 Å². The average Bonchev–Trinajstić information content (AvgIpc) is 1.87. The monoisotopic (exact) mass is 148 g/mol. The Morgan fingerprint density at radius 2 is 1.45 bits per heavy atom. The first kappa shape index (κ1) is 9.75. The minimum atomic E-state index is -0.733. The lowest BCUT2D eigenvalue weighted by Gasteiger charge is -1.95. The number of ether oxygens (including phenoxy) is 1. The van der Waals surface area contributed by atoms with E-state index < -0.39 is 11.7 Å². The van der Waals surface area contributed by atoms with Crippen LogP contribution in [0.5, 0.6) is 0 Å². The van der Waals surface area contributed by atoms with Crippen LogP contribution in [-0.2, 0) is 4.74 Å². The van der Waals surface area contributed by atoms with Gasteiger partial charge < -0.3 is 4.74 Å². The van der Waals surface area contributed by atoms with Gasteiger partial charge in [0, 0.05) is 0 Å². The molecule has 5 heteroatoms. The Labute approximate surface area is 66.6 Å². The Kier molecular flexibility index (Phi) is 4.90. The van der Waals surface area contributed by atoms with Crippen molar-refractivity contribution in [2.24, 2.45) is 0 Å². The first-order valence-corrected chi connectivity index (χ1v) is 2.88. The summed E-state index contributed by atoms with van der Waals surface area (Å²) in [6.45, 7) is 6.51. The van der Waals surface area contributed by atoms with Crippen molar-refractivity contribution in [2.75, 3.05) is 0 Å². The molecule has 0 fully saturated rings. The van der Waals surface area contributed by atoms with Crippen molar-refractivity contribution in [2.45, 2.75) is 0 Å². The highest BCUT2D eigenvalue weighted by molar-refractivity contribution is 6.81. The van der Waals surface area contributed by atoms with E-state index in [0.29, 0.717) is 0 Å². The Morgan fingerprint density at radius 1 is 1.09 bits per heavy atom. The molecule has 0 aromatic rings. The number of carbonyl (C=O) groups excluding carboxylic acids is 2. The van der Waals surface area contributed by atoms with E-state index in [-0.39, 0.29) is 0 Å².